The van der Waals surface area contributed by atoms with E-state index in [1.165, 1.54) is 4.90 Å². The minimum Gasteiger partial charge on any atom is -0.381 e. The Morgan fingerprint density at radius 2 is 2.50 bits per heavy atom. The third-order valence-corrected chi connectivity index (χ3v) is 3.06. The summed E-state index contributed by atoms with van der Waals surface area (Å²) < 4.78 is 5.31. The molecular weight excluding hydrogens is 230 g/mol. The van der Waals surface area contributed by atoms with Crippen LogP contribution in [-0.2, 0) is 9.53 Å². The Morgan fingerprint density at radius 3 is 3.17 bits per heavy atom. The largest absolute Gasteiger partial charge is 0.381 e. The summed E-state index contributed by atoms with van der Waals surface area (Å²) in [5, 5.41) is 9.01. The van der Waals surface area contributed by atoms with Gasteiger partial charge in [0.05, 0.1) is 18.1 Å². The van der Waals surface area contributed by atoms with Gasteiger partial charge in [0, 0.05) is 19.9 Å². The van der Waals surface area contributed by atoms with Crippen LogP contribution in [0.25, 0.3) is 0 Å². The SMILES string of the molecule is CN(C(=O)[C@@H]1CCCOC1)c1ncccc1C#N. The molecule has 1 aromatic rings. The van der Waals surface area contributed by atoms with Crippen LogP contribution in [-0.4, -0.2) is 31.2 Å². The van der Waals surface area contributed by atoms with Crippen molar-refractivity contribution in [3.05, 3.63) is 23.9 Å². The molecule has 0 bridgehead atoms. The molecule has 1 aliphatic heterocycles. The molecule has 2 rings (SSSR count). The van der Waals surface area contributed by atoms with Crippen molar-refractivity contribution in [2.75, 3.05) is 25.2 Å². The van der Waals surface area contributed by atoms with Crippen molar-refractivity contribution in [2.45, 2.75) is 12.8 Å². The molecule has 0 aliphatic carbocycles. The Hall–Kier alpha value is -1.93. The molecule has 5 nitrogen and oxygen atoms in total. The van der Waals surface area contributed by atoms with Crippen molar-refractivity contribution in [1.29, 1.82) is 5.26 Å². The van der Waals surface area contributed by atoms with Crippen molar-refractivity contribution >= 4 is 11.7 Å². The average Bonchev–Trinajstić information content (AvgIpc) is 2.46. The third kappa shape index (κ3) is 2.49. The maximum atomic E-state index is 12.3. The number of anilines is 1. The predicted octanol–water partition coefficient (Wildman–Crippen LogP) is 1.34. The number of hydrogen-bond acceptors (Lipinski definition) is 4. The van der Waals surface area contributed by atoms with Gasteiger partial charge >= 0.3 is 0 Å². The van der Waals surface area contributed by atoms with Crippen molar-refractivity contribution in [1.82, 2.24) is 4.98 Å². The number of nitrogens with zero attached hydrogens (tertiary/aromatic N) is 3. The first-order chi connectivity index (χ1) is 8.74. The molecule has 0 spiro atoms. The molecule has 1 atom stereocenters. The lowest BCUT2D eigenvalue weighted by Gasteiger charge is -2.26. The van der Waals surface area contributed by atoms with E-state index in [-0.39, 0.29) is 11.8 Å². The number of nitriles is 1. The van der Waals surface area contributed by atoms with Gasteiger partial charge in [-0.25, -0.2) is 4.98 Å². The maximum absolute atomic E-state index is 12.3. The second kappa shape index (κ2) is 5.61. The monoisotopic (exact) mass is 245 g/mol. The van der Waals surface area contributed by atoms with E-state index in [4.69, 9.17) is 10.00 Å². The number of hydrogen-bond donors (Lipinski definition) is 0. The molecule has 0 radical (unpaired) electrons. The predicted molar refractivity (Wildman–Crippen MR) is 65.9 cm³/mol. The quantitative estimate of drug-likeness (QED) is 0.788. The van der Waals surface area contributed by atoms with Crippen LogP contribution >= 0.6 is 0 Å². The minimum absolute atomic E-state index is 0.0371. The summed E-state index contributed by atoms with van der Waals surface area (Å²) in [5.41, 5.74) is 0.407. The van der Waals surface area contributed by atoms with E-state index in [2.05, 4.69) is 4.98 Å². The topological polar surface area (TPSA) is 66.2 Å². The molecule has 1 aromatic heterocycles. The zero-order valence-electron chi connectivity index (χ0n) is 10.3. The van der Waals surface area contributed by atoms with Crippen LogP contribution in [0.2, 0.25) is 0 Å². The van der Waals surface area contributed by atoms with E-state index >= 15 is 0 Å². The van der Waals surface area contributed by atoms with Crippen molar-refractivity contribution < 1.29 is 9.53 Å². The Labute approximate surface area is 106 Å². The van der Waals surface area contributed by atoms with E-state index in [0.29, 0.717) is 18.0 Å². The Bertz CT molecular complexity index is 475. The summed E-state index contributed by atoms with van der Waals surface area (Å²) in [7, 11) is 1.65. The molecule has 2 heterocycles. The Morgan fingerprint density at radius 1 is 1.67 bits per heavy atom. The molecule has 94 valence electrons. The normalized spacial score (nSPS) is 19.0. The molecule has 0 aromatic carbocycles. The zero-order chi connectivity index (χ0) is 13.0. The molecule has 0 unspecified atom stereocenters. The third-order valence-electron chi connectivity index (χ3n) is 3.06. The summed E-state index contributed by atoms with van der Waals surface area (Å²) in [6.45, 7) is 1.18. The number of pyridine rings is 1. The second-order valence-electron chi connectivity index (χ2n) is 4.30. The highest BCUT2D eigenvalue weighted by atomic mass is 16.5. The Kier molecular flexibility index (Phi) is 3.90. The molecular formula is C13H15N3O2. The highest BCUT2D eigenvalue weighted by Crippen LogP contribution is 2.21. The number of carbonyl (C=O) groups is 1. The summed E-state index contributed by atoms with van der Waals surface area (Å²) in [5.74, 6) is 0.248. The van der Waals surface area contributed by atoms with Crippen LogP contribution in [0.15, 0.2) is 18.3 Å². The van der Waals surface area contributed by atoms with Gasteiger partial charge in [-0.05, 0) is 25.0 Å². The lowest BCUT2D eigenvalue weighted by Crippen LogP contribution is -2.37. The van der Waals surface area contributed by atoms with Crippen LogP contribution in [0.1, 0.15) is 18.4 Å². The first-order valence-corrected chi connectivity index (χ1v) is 5.94. The van der Waals surface area contributed by atoms with Crippen LogP contribution in [0.5, 0.6) is 0 Å². The van der Waals surface area contributed by atoms with E-state index in [1.54, 1.807) is 25.4 Å². The summed E-state index contributed by atoms with van der Waals surface area (Å²) >= 11 is 0. The molecule has 1 amide bonds. The van der Waals surface area contributed by atoms with Crippen LogP contribution in [0.4, 0.5) is 5.82 Å². The van der Waals surface area contributed by atoms with Gasteiger partial charge in [0.2, 0.25) is 5.91 Å². The molecule has 1 fully saturated rings. The number of rotatable bonds is 2. The first-order valence-electron chi connectivity index (χ1n) is 5.94. The molecule has 0 saturated carbocycles. The first kappa shape index (κ1) is 12.5. The van der Waals surface area contributed by atoms with Crippen molar-refractivity contribution in [3.63, 3.8) is 0 Å². The summed E-state index contributed by atoms with van der Waals surface area (Å²) in [6, 6.07) is 5.39. The van der Waals surface area contributed by atoms with Crippen molar-refractivity contribution in [3.8, 4) is 6.07 Å². The van der Waals surface area contributed by atoms with Crippen molar-refractivity contribution in [2.24, 2.45) is 5.92 Å². The summed E-state index contributed by atoms with van der Waals surface area (Å²) in [6.07, 6.45) is 3.31. The smallest absolute Gasteiger partial charge is 0.233 e. The number of ether oxygens (including phenoxy) is 1. The highest BCUT2D eigenvalue weighted by Gasteiger charge is 2.26. The van der Waals surface area contributed by atoms with Gasteiger partial charge in [0.1, 0.15) is 6.07 Å². The van der Waals surface area contributed by atoms with Crippen LogP contribution < -0.4 is 4.90 Å². The minimum atomic E-state index is -0.128. The fourth-order valence-electron chi connectivity index (χ4n) is 2.07. The van der Waals surface area contributed by atoms with E-state index in [9.17, 15) is 4.79 Å². The number of carbonyl (C=O) groups excluding carboxylic acids is 1. The van der Waals surface area contributed by atoms with E-state index in [0.717, 1.165) is 19.4 Å². The lowest BCUT2D eigenvalue weighted by molar-refractivity contribution is -0.126. The van der Waals surface area contributed by atoms with Gasteiger partial charge in [-0.15, -0.1) is 0 Å². The lowest BCUT2D eigenvalue weighted by atomic mass is 10.0. The molecule has 1 aliphatic rings. The fourth-order valence-corrected chi connectivity index (χ4v) is 2.07. The molecule has 18 heavy (non-hydrogen) atoms. The van der Waals surface area contributed by atoms with E-state index < -0.39 is 0 Å². The Balaban J connectivity index is 2.17. The molecule has 0 N–H and O–H groups in total. The van der Waals surface area contributed by atoms with Gasteiger partial charge in [-0.1, -0.05) is 0 Å². The van der Waals surface area contributed by atoms with Gasteiger partial charge < -0.3 is 4.74 Å². The summed E-state index contributed by atoms with van der Waals surface area (Å²) in [4.78, 5) is 17.8. The molecule has 1 saturated heterocycles. The number of amides is 1. The van der Waals surface area contributed by atoms with Crippen LogP contribution in [0.3, 0.4) is 0 Å². The average molecular weight is 245 g/mol. The standard InChI is InChI=1S/C13H15N3O2/c1-16(12-10(8-14)4-2-6-15-12)13(17)11-5-3-7-18-9-11/h2,4,6,11H,3,5,7,9H2,1H3/t11-/m1/s1. The molecule has 5 heteroatoms. The highest BCUT2D eigenvalue weighted by molar-refractivity contribution is 5.94. The van der Waals surface area contributed by atoms with Gasteiger partial charge in [0.25, 0.3) is 0 Å². The van der Waals surface area contributed by atoms with E-state index in [1.807, 2.05) is 6.07 Å². The van der Waals surface area contributed by atoms with Gasteiger partial charge in [0.15, 0.2) is 5.82 Å². The van der Waals surface area contributed by atoms with Crippen LogP contribution in [0, 0.1) is 17.2 Å². The zero-order valence-corrected chi connectivity index (χ0v) is 10.3. The number of aromatic nitrogens is 1. The van der Waals surface area contributed by atoms with Gasteiger partial charge in [-0.2, -0.15) is 5.26 Å². The van der Waals surface area contributed by atoms with Gasteiger partial charge in [-0.3, -0.25) is 9.69 Å². The fraction of sp³-hybridized carbons (Fsp3) is 0.462. The maximum Gasteiger partial charge on any atom is 0.233 e. The second-order valence-corrected chi connectivity index (χ2v) is 4.30.